The normalized spacial score (nSPS) is 16.9. The smallest absolute Gasteiger partial charge is 0.266 e. The zero-order valence-corrected chi connectivity index (χ0v) is 17.5. The van der Waals surface area contributed by atoms with E-state index in [-0.39, 0.29) is 5.91 Å². The van der Waals surface area contributed by atoms with Crippen molar-refractivity contribution in [3.63, 3.8) is 0 Å². The Labute approximate surface area is 174 Å². The molecule has 1 saturated heterocycles. The number of halogens is 1. The van der Waals surface area contributed by atoms with Crippen LogP contribution in [0.5, 0.6) is 11.5 Å². The Bertz CT molecular complexity index is 926. The lowest BCUT2D eigenvalue weighted by atomic mass is 10.1. The van der Waals surface area contributed by atoms with Gasteiger partial charge in [0.25, 0.3) is 5.91 Å². The molecule has 28 heavy (non-hydrogen) atoms. The van der Waals surface area contributed by atoms with E-state index < -0.39 is 0 Å². The quantitative estimate of drug-likeness (QED) is 0.631. The zero-order chi connectivity index (χ0) is 20.1. The van der Waals surface area contributed by atoms with E-state index in [1.54, 1.807) is 19.0 Å². The summed E-state index contributed by atoms with van der Waals surface area (Å²) in [6.07, 6.45) is 1.84. The van der Waals surface area contributed by atoms with Crippen molar-refractivity contribution in [2.45, 2.75) is 13.5 Å². The van der Waals surface area contributed by atoms with Gasteiger partial charge in [0, 0.05) is 19.1 Å². The molecule has 0 radical (unpaired) electrons. The molecule has 0 N–H and O–H groups in total. The third-order valence-electron chi connectivity index (χ3n) is 4.07. The van der Waals surface area contributed by atoms with Crippen molar-refractivity contribution in [1.29, 1.82) is 0 Å². The average Bonchev–Trinajstić information content (AvgIpc) is 2.97. The largest absolute Gasteiger partial charge is 0.490 e. The van der Waals surface area contributed by atoms with Gasteiger partial charge in [-0.3, -0.25) is 14.7 Å². The van der Waals surface area contributed by atoms with Gasteiger partial charge in [0.05, 0.1) is 11.5 Å². The van der Waals surface area contributed by atoms with E-state index >= 15 is 0 Å². The number of rotatable bonds is 6. The molecule has 7 heteroatoms. The highest BCUT2D eigenvalue weighted by Gasteiger charge is 2.29. The molecule has 146 valence electrons. The van der Waals surface area contributed by atoms with Gasteiger partial charge in [-0.15, -0.1) is 0 Å². The highest BCUT2D eigenvalue weighted by atomic mass is 35.5. The predicted molar refractivity (Wildman–Crippen MR) is 115 cm³/mol. The second-order valence-corrected chi connectivity index (χ2v) is 7.48. The van der Waals surface area contributed by atoms with Gasteiger partial charge in [0.15, 0.2) is 16.7 Å². The number of hydrogen-bond acceptors (Lipinski definition) is 5. The molecule has 5 nitrogen and oxygen atoms in total. The number of carbonyl (C=O) groups excluding carboxylic acids is 1. The summed E-state index contributed by atoms with van der Waals surface area (Å²) in [5.41, 5.74) is 1.88. The number of hydrogen-bond donors (Lipinski definition) is 0. The van der Waals surface area contributed by atoms with Crippen LogP contribution in [0.25, 0.3) is 6.08 Å². The molecule has 2 aromatic rings. The van der Waals surface area contributed by atoms with Crippen LogP contribution in [0.4, 0.5) is 0 Å². The summed E-state index contributed by atoms with van der Waals surface area (Å²) >= 11 is 7.28. The number of ether oxygens (including phenoxy) is 2. The zero-order valence-electron chi connectivity index (χ0n) is 15.9. The molecule has 1 heterocycles. The van der Waals surface area contributed by atoms with Crippen LogP contribution in [0, 0.1) is 0 Å². The summed E-state index contributed by atoms with van der Waals surface area (Å²) < 4.78 is 11.7. The van der Waals surface area contributed by atoms with E-state index in [0.29, 0.717) is 39.8 Å². The van der Waals surface area contributed by atoms with Crippen LogP contribution >= 0.6 is 23.4 Å². The third kappa shape index (κ3) is 4.69. The van der Waals surface area contributed by atoms with Crippen molar-refractivity contribution in [1.82, 2.24) is 4.90 Å². The van der Waals surface area contributed by atoms with Gasteiger partial charge in [0.1, 0.15) is 6.61 Å². The number of benzene rings is 2. The van der Waals surface area contributed by atoms with E-state index in [4.69, 9.17) is 21.1 Å². The van der Waals surface area contributed by atoms with Crippen LogP contribution in [0.3, 0.4) is 0 Å². The van der Waals surface area contributed by atoms with E-state index in [1.807, 2.05) is 55.5 Å². The van der Waals surface area contributed by atoms with E-state index in [9.17, 15) is 4.79 Å². The predicted octanol–water partition coefficient (Wildman–Crippen LogP) is 4.85. The second-order valence-electron chi connectivity index (χ2n) is 6.04. The van der Waals surface area contributed by atoms with E-state index in [0.717, 1.165) is 11.1 Å². The van der Waals surface area contributed by atoms with Gasteiger partial charge in [-0.2, -0.15) is 0 Å². The van der Waals surface area contributed by atoms with Crippen molar-refractivity contribution >= 4 is 40.5 Å². The lowest BCUT2D eigenvalue weighted by Gasteiger charge is -2.13. The van der Waals surface area contributed by atoms with Crippen molar-refractivity contribution in [3.05, 3.63) is 63.5 Å². The molecule has 3 rings (SSSR count). The molecule has 0 saturated carbocycles. The number of aliphatic imine (C=N–C) groups is 1. The summed E-state index contributed by atoms with van der Waals surface area (Å²) in [5, 5.41) is 1.38. The fraction of sp³-hybridized carbons (Fsp3) is 0.238. The molecule has 0 aromatic heterocycles. The molecular formula is C21H21ClN2O3S. The Kier molecular flexibility index (Phi) is 6.65. The average molecular weight is 417 g/mol. The molecule has 0 atom stereocenters. The van der Waals surface area contributed by atoms with Crippen LogP contribution in [-0.4, -0.2) is 36.7 Å². The minimum Gasteiger partial charge on any atom is -0.490 e. The third-order valence-corrected chi connectivity index (χ3v) is 5.47. The maximum atomic E-state index is 12.3. The van der Waals surface area contributed by atoms with Crippen LogP contribution in [0.2, 0.25) is 5.02 Å². The minimum atomic E-state index is -0.0633. The highest BCUT2D eigenvalue weighted by molar-refractivity contribution is 8.18. The van der Waals surface area contributed by atoms with Gasteiger partial charge < -0.3 is 9.47 Å². The SMILES string of the molecule is CCOc1cc(/C=C2/SC(=NC)N(C)C2=O)ccc1OCc1ccc(Cl)cc1. The van der Waals surface area contributed by atoms with E-state index in [2.05, 4.69) is 4.99 Å². The first kappa shape index (κ1) is 20.3. The molecule has 0 spiro atoms. The molecule has 0 bridgehead atoms. The maximum absolute atomic E-state index is 12.3. The maximum Gasteiger partial charge on any atom is 0.266 e. The van der Waals surface area contributed by atoms with Crippen LogP contribution in [0.1, 0.15) is 18.1 Å². The molecule has 2 aromatic carbocycles. The molecule has 1 aliphatic heterocycles. The van der Waals surface area contributed by atoms with Crippen molar-refractivity contribution < 1.29 is 14.3 Å². The number of likely N-dealkylation sites (N-methyl/N-ethyl adjacent to an activating group) is 1. The fourth-order valence-electron chi connectivity index (χ4n) is 2.64. The first-order chi connectivity index (χ1) is 13.5. The number of nitrogens with zero attached hydrogens (tertiary/aromatic N) is 2. The summed E-state index contributed by atoms with van der Waals surface area (Å²) in [5.74, 6) is 1.22. The lowest BCUT2D eigenvalue weighted by Crippen LogP contribution is -2.23. The Morgan fingerprint density at radius 2 is 1.89 bits per heavy atom. The molecule has 0 unspecified atom stereocenters. The fourth-order valence-corrected chi connectivity index (χ4v) is 3.70. The van der Waals surface area contributed by atoms with E-state index in [1.165, 1.54) is 11.8 Å². The first-order valence-electron chi connectivity index (χ1n) is 8.80. The minimum absolute atomic E-state index is 0.0633. The van der Waals surface area contributed by atoms with Crippen LogP contribution in [-0.2, 0) is 11.4 Å². The summed E-state index contributed by atoms with van der Waals surface area (Å²) in [6, 6.07) is 13.2. The number of carbonyl (C=O) groups is 1. The Morgan fingerprint density at radius 3 is 2.54 bits per heavy atom. The summed E-state index contributed by atoms with van der Waals surface area (Å²) in [4.78, 5) is 18.6. The van der Waals surface area contributed by atoms with Gasteiger partial charge >= 0.3 is 0 Å². The van der Waals surface area contributed by atoms with Crippen LogP contribution in [0.15, 0.2) is 52.4 Å². The summed E-state index contributed by atoms with van der Waals surface area (Å²) in [6.45, 7) is 2.84. The van der Waals surface area contributed by atoms with Crippen LogP contribution < -0.4 is 9.47 Å². The lowest BCUT2D eigenvalue weighted by molar-refractivity contribution is -0.121. The highest BCUT2D eigenvalue weighted by Crippen LogP contribution is 2.34. The Balaban J connectivity index is 1.80. The van der Waals surface area contributed by atoms with Gasteiger partial charge in [-0.25, -0.2) is 0 Å². The molecular weight excluding hydrogens is 396 g/mol. The van der Waals surface area contributed by atoms with Crippen molar-refractivity contribution in [3.8, 4) is 11.5 Å². The number of amides is 1. The number of thioether (sulfide) groups is 1. The van der Waals surface area contributed by atoms with Gasteiger partial charge in [-0.05, 0) is 60.2 Å². The first-order valence-corrected chi connectivity index (χ1v) is 9.99. The van der Waals surface area contributed by atoms with Crippen molar-refractivity contribution in [2.75, 3.05) is 20.7 Å². The topological polar surface area (TPSA) is 51.1 Å². The Hall–Kier alpha value is -2.44. The number of amidine groups is 1. The van der Waals surface area contributed by atoms with Gasteiger partial charge in [-0.1, -0.05) is 29.8 Å². The molecule has 1 fully saturated rings. The monoisotopic (exact) mass is 416 g/mol. The van der Waals surface area contributed by atoms with Gasteiger partial charge in [0.2, 0.25) is 0 Å². The van der Waals surface area contributed by atoms with Crippen molar-refractivity contribution in [2.24, 2.45) is 4.99 Å². The Morgan fingerprint density at radius 1 is 1.14 bits per heavy atom. The summed E-state index contributed by atoms with van der Waals surface area (Å²) in [7, 11) is 3.40. The molecule has 1 amide bonds. The molecule has 1 aliphatic rings. The standard InChI is InChI=1S/C21H21ClN2O3S/c1-4-26-18-11-15(12-19-20(25)24(3)21(23-2)28-19)7-10-17(18)27-13-14-5-8-16(22)9-6-14/h5-12H,4,13H2,1-3H3/b19-12+,23-21?. The second kappa shape index (κ2) is 9.17. The molecule has 0 aliphatic carbocycles.